The summed E-state index contributed by atoms with van der Waals surface area (Å²) in [5.41, 5.74) is 4.85. The van der Waals surface area contributed by atoms with E-state index >= 15 is 0 Å². The van der Waals surface area contributed by atoms with Crippen molar-refractivity contribution in [2.75, 3.05) is 6.54 Å². The van der Waals surface area contributed by atoms with E-state index in [4.69, 9.17) is 4.74 Å². The van der Waals surface area contributed by atoms with Crippen LogP contribution in [0.15, 0.2) is 30.3 Å². The third kappa shape index (κ3) is 3.07. The lowest BCUT2D eigenvalue weighted by molar-refractivity contribution is -0.119. The summed E-state index contributed by atoms with van der Waals surface area (Å²) in [5.74, 6) is 0.384. The zero-order valence-corrected chi connectivity index (χ0v) is 13.6. The van der Waals surface area contributed by atoms with Gasteiger partial charge >= 0.3 is 0 Å². The Morgan fingerprint density at radius 1 is 1.30 bits per heavy atom. The van der Waals surface area contributed by atoms with Crippen LogP contribution in [0.5, 0.6) is 5.75 Å². The standard InChI is InChI=1S/C19H20FNO2/c1-11-5-4-6-12(2)18(11)17-9-15(20)7-14-8-16(23-19(14)17)10-21-13(3)22/h4-7,9,16H,8,10H2,1-3H3,(H,21,22)/t16-/m1/s1. The van der Waals surface area contributed by atoms with Gasteiger partial charge in [0.25, 0.3) is 0 Å². The largest absolute Gasteiger partial charge is 0.487 e. The van der Waals surface area contributed by atoms with Crippen molar-refractivity contribution >= 4 is 5.91 Å². The van der Waals surface area contributed by atoms with E-state index in [9.17, 15) is 9.18 Å². The molecular formula is C19H20FNO2. The minimum absolute atomic E-state index is 0.0919. The van der Waals surface area contributed by atoms with Gasteiger partial charge in [0, 0.05) is 24.5 Å². The zero-order valence-electron chi connectivity index (χ0n) is 13.6. The lowest BCUT2D eigenvalue weighted by Crippen LogP contribution is -2.32. The minimum Gasteiger partial charge on any atom is -0.487 e. The molecule has 0 unspecified atom stereocenters. The average molecular weight is 313 g/mol. The molecule has 1 aliphatic rings. The first kappa shape index (κ1) is 15.5. The normalized spacial score (nSPS) is 15.9. The summed E-state index contributed by atoms with van der Waals surface area (Å²) < 4.78 is 20.1. The third-order valence-corrected chi connectivity index (χ3v) is 4.19. The van der Waals surface area contributed by atoms with Crippen molar-refractivity contribution in [2.45, 2.75) is 33.3 Å². The molecular weight excluding hydrogens is 293 g/mol. The molecule has 1 N–H and O–H groups in total. The zero-order chi connectivity index (χ0) is 16.6. The number of hydrogen-bond donors (Lipinski definition) is 1. The molecule has 2 aromatic rings. The molecule has 0 spiro atoms. The molecule has 0 aliphatic carbocycles. The second-order valence-electron chi connectivity index (χ2n) is 6.09. The van der Waals surface area contributed by atoms with Crippen LogP contribution in [-0.2, 0) is 11.2 Å². The van der Waals surface area contributed by atoms with Gasteiger partial charge in [-0.05, 0) is 42.7 Å². The quantitative estimate of drug-likeness (QED) is 0.941. The van der Waals surface area contributed by atoms with Crippen molar-refractivity contribution in [3.8, 4) is 16.9 Å². The van der Waals surface area contributed by atoms with E-state index in [0.717, 1.165) is 33.6 Å². The second-order valence-corrected chi connectivity index (χ2v) is 6.09. The summed E-state index contributed by atoms with van der Waals surface area (Å²) in [5, 5.41) is 2.76. The molecule has 3 rings (SSSR count). The van der Waals surface area contributed by atoms with Crippen LogP contribution >= 0.6 is 0 Å². The van der Waals surface area contributed by atoms with Crippen molar-refractivity contribution in [1.82, 2.24) is 5.32 Å². The molecule has 3 nitrogen and oxygen atoms in total. The van der Waals surface area contributed by atoms with Crippen molar-refractivity contribution in [2.24, 2.45) is 0 Å². The highest BCUT2D eigenvalue weighted by atomic mass is 19.1. The highest BCUT2D eigenvalue weighted by molar-refractivity contribution is 5.78. The van der Waals surface area contributed by atoms with Gasteiger partial charge in [-0.1, -0.05) is 18.2 Å². The van der Waals surface area contributed by atoms with Crippen LogP contribution < -0.4 is 10.1 Å². The monoisotopic (exact) mass is 313 g/mol. The fourth-order valence-corrected chi connectivity index (χ4v) is 3.19. The fraction of sp³-hybridized carbons (Fsp3) is 0.316. The maximum absolute atomic E-state index is 14.1. The summed E-state index contributed by atoms with van der Waals surface area (Å²) in [7, 11) is 0. The molecule has 1 amide bonds. The lowest BCUT2D eigenvalue weighted by Gasteiger charge is -2.16. The molecule has 120 valence electrons. The summed E-state index contributed by atoms with van der Waals surface area (Å²) in [6, 6.07) is 9.09. The highest BCUT2D eigenvalue weighted by Gasteiger charge is 2.27. The number of halogens is 1. The maximum Gasteiger partial charge on any atom is 0.217 e. The van der Waals surface area contributed by atoms with Crippen molar-refractivity contribution in [1.29, 1.82) is 0 Å². The molecule has 1 aliphatic heterocycles. The summed E-state index contributed by atoms with van der Waals surface area (Å²) in [6.45, 7) is 5.94. The van der Waals surface area contributed by atoms with Gasteiger partial charge in [-0.3, -0.25) is 4.79 Å². The fourth-order valence-electron chi connectivity index (χ4n) is 3.19. The highest BCUT2D eigenvalue weighted by Crippen LogP contribution is 2.41. The van der Waals surface area contributed by atoms with Crippen LogP contribution in [0, 0.1) is 19.7 Å². The molecule has 0 radical (unpaired) electrons. The van der Waals surface area contributed by atoms with Gasteiger partial charge in [-0.25, -0.2) is 4.39 Å². The molecule has 1 heterocycles. The van der Waals surface area contributed by atoms with E-state index in [2.05, 4.69) is 5.32 Å². The van der Waals surface area contributed by atoms with E-state index < -0.39 is 0 Å². The Morgan fingerprint density at radius 2 is 2.00 bits per heavy atom. The molecule has 0 aromatic heterocycles. The Labute approximate surface area is 135 Å². The minimum atomic E-state index is -0.259. The van der Waals surface area contributed by atoms with Crippen LogP contribution in [0.25, 0.3) is 11.1 Å². The molecule has 0 bridgehead atoms. The topological polar surface area (TPSA) is 38.3 Å². The van der Waals surface area contributed by atoms with Gasteiger partial charge in [-0.2, -0.15) is 0 Å². The van der Waals surface area contributed by atoms with Gasteiger partial charge in [0.15, 0.2) is 0 Å². The van der Waals surface area contributed by atoms with Crippen LogP contribution in [0.4, 0.5) is 4.39 Å². The number of nitrogens with one attached hydrogen (secondary N) is 1. The van der Waals surface area contributed by atoms with Gasteiger partial charge in [0.2, 0.25) is 5.91 Å². The number of carbonyl (C=O) groups is 1. The summed E-state index contributed by atoms with van der Waals surface area (Å²) in [4.78, 5) is 11.1. The van der Waals surface area contributed by atoms with Crippen molar-refractivity contribution in [3.63, 3.8) is 0 Å². The number of hydrogen-bond acceptors (Lipinski definition) is 2. The Balaban J connectivity index is 2.01. The molecule has 0 saturated carbocycles. The van der Waals surface area contributed by atoms with Crippen LogP contribution in [0.1, 0.15) is 23.6 Å². The maximum atomic E-state index is 14.1. The van der Waals surface area contributed by atoms with E-state index in [1.807, 2.05) is 32.0 Å². The molecule has 2 aromatic carbocycles. The molecule has 23 heavy (non-hydrogen) atoms. The molecule has 0 saturated heterocycles. The Hall–Kier alpha value is -2.36. The second kappa shape index (κ2) is 6.03. The summed E-state index contributed by atoms with van der Waals surface area (Å²) in [6.07, 6.45) is 0.449. The van der Waals surface area contributed by atoms with E-state index in [-0.39, 0.29) is 17.8 Å². The first-order valence-corrected chi connectivity index (χ1v) is 7.76. The number of rotatable bonds is 3. The van der Waals surface area contributed by atoms with Gasteiger partial charge < -0.3 is 10.1 Å². The van der Waals surface area contributed by atoms with Crippen LogP contribution in [-0.4, -0.2) is 18.6 Å². The molecule has 0 fully saturated rings. The van der Waals surface area contributed by atoms with Gasteiger partial charge in [-0.15, -0.1) is 0 Å². The predicted molar refractivity (Wildman–Crippen MR) is 88.1 cm³/mol. The smallest absolute Gasteiger partial charge is 0.217 e. The SMILES string of the molecule is CC(=O)NC[C@H]1Cc2cc(F)cc(-c3c(C)cccc3C)c2O1. The number of carbonyl (C=O) groups excluding carboxylic acids is 1. The van der Waals surface area contributed by atoms with Crippen molar-refractivity contribution < 1.29 is 13.9 Å². The third-order valence-electron chi connectivity index (χ3n) is 4.19. The van der Waals surface area contributed by atoms with Crippen molar-refractivity contribution in [3.05, 3.63) is 52.8 Å². The van der Waals surface area contributed by atoms with E-state index in [0.29, 0.717) is 13.0 Å². The van der Waals surface area contributed by atoms with E-state index in [1.54, 1.807) is 0 Å². The average Bonchev–Trinajstić information content (AvgIpc) is 2.87. The molecule has 4 heteroatoms. The summed E-state index contributed by atoms with van der Waals surface area (Å²) >= 11 is 0. The lowest BCUT2D eigenvalue weighted by atomic mass is 9.93. The molecule has 1 atom stereocenters. The number of aryl methyl sites for hydroxylation is 2. The predicted octanol–water partition coefficient (Wildman–Crippen LogP) is 3.55. The number of benzene rings is 2. The number of fused-ring (bicyclic) bond motifs is 1. The first-order valence-electron chi connectivity index (χ1n) is 7.76. The number of amides is 1. The van der Waals surface area contributed by atoms with Gasteiger partial charge in [0.05, 0.1) is 6.54 Å². The van der Waals surface area contributed by atoms with Gasteiger partial charge in [0.1, 0.15) is 17.7 Å². The van der Waals surface area contributed by atoms with Crippen LogP contribution in [0.2, 0.25) is 0 Å². The Bertz CT molecular complexity index is 750. The first-order chi connectivity index (χ1) is 11.0. The number of ether oxygens (including phenoxy) is 1. The Morgan fingerprint density at radius 3 is 2.65 bits per heavy atom. The van der Waals surface area contributed by atoms with E-state index in [1.165, 1.54) is 19.1 Å². The van der Waals surface area contributed by atoms with Crippen LogP contribution in [0.3, 0.4) is 0 Å². The Kier molecular flexibility index (Phi) is 4.07.